The first-order valence-electron chi connectivity index (χ1n) is 5.25. The molecule has 1 aromatic heterocycles. The largest absolute Gasteiger partial charge is 0.351 e. The van der Waals surface area contributed by atoms with Crippen molar-refractivity contribution in [2.45, 2.75) is 26.7 Å². The molecule has 1 amide bonds. The highest BCUT2D eigenvalue weighted by molar-refractivity contribution is 7.12. The van der Waals surface area contributed by atoms with E-state index in [2.05, 4.69) is 18.3 Å². The SMILES string of the molecule is C/C=C/CCNC(=O)c1sccc1CC. The molecule has 2 nitrogen and oxygen atoms in total. The van der Waals surface area contributed by atoms with E-state index < -0.39 is 0 Å². The van der Waals surface area contributed by atoms with Crippen LogP contribution in [-0.2, 0) is 6.42 Å². The maximum atomic E-state index is 11.7. The van der Waals surface area contributed by atoms with Gasteiger partial charge in [-0.1, -0.05) is 19.1 Å². The predicted octanol–water partition coefficient (Wildman–Crippen LogP) is 3.01. The van der Waals surface area contributed by atoms with Crippen LogP contribution in [0.2, 0.25) is 0 Å². The molecule has 15 heavy (non-hydrogen) atoms. The van der Waals surface area contributed by atoms with E-state index in [0.717, 1.165) is 23.3 Å². The predicted molar refractivity (Wildman–Crippen MR) is 65.5 cm³/mol. The van der Waals surface area contributed by atoms with Crippen molar-refractivity contribution >= 4 is 17.2 Å². The number of rotatable bonds is 5. The lowest BCUT2D eigenvalue weighted by atomic mass is 10.2. The average molecular weight is 223 g/mol. The summed E-state index contributed by atoms with van der Waals surface area (Å²) >= 11 is 1.52. The fourth-order valence-electron chi connectivity index (χ4n) is 1.33. The molecule has 0 fully saturated rings. The van der Waals surface area contributed by atoms with Crippen molar-refractivity contribution in [3.05, 3.63) is 34.0 Å². The summed E-state index contributed by atoms with van der Waals surface area (Å²) in [5, 5.41) is 4.89. The van der Waals surface area contributed by atoms with Gasteiger partial charge in [-0.25, -0.2) is 0 Å². The molecule has 0 aromatic carbocycles. The molecule has 0 bridgehead atoms. The van der Waals surface area contributed by atoms with E-state index in [1.807, 2.05) is 24.4 Å². The zero-order valence-corrected chi connectivity index (χ0v) is 10.1. The summed E-state index contributed by atoms with van der Waals surface area (Å²) in [6.45, 7) is 4.76. The van der Waals surface area contributed by atoms with Gasteiger partial charge < -0.3 is 5.32 Å². The van der Waals surface area contributed by atoms with E-state index in [1.54, 1.807) is 0 Å². The van der Waals surface area contributed by atoms with Crippen molar-refractivity contribution in [1.82, 2.24) is 5.32 Å². The number of amides is 1. The van der Waals surface area contributed by atoms with Gasteiger partial charge in [-0.2, -0.15) is 0 Å². The number of carbonyl (C=O) groups excluding carboxylic acids is 1. The summed E-state index contributed by atoms with van der Waals surface area (Å²) in [4.78, 5) is 12.6. The van der Waals surface area contributed by atoms with E-state index in [1.165, 1.54) is 11.3 Å². The Morgan fingerprint density at radius 3 is 3.07 bits per heavy atom. The Balaban J connectivity index is 2.46. The Morgan fingerprint density at radius 2 is 2.40 bits per heavy atom. The normalized spacial score (nSPS) is 10.8. The fraction of sp³-hybridized carbons (Fsp3) is 0.417. The van der Waals surface area contributed by atoms with Crippen molar-refractivity contribution in [2.24, 2.45) is 0 Å². The lowest BCUT2D eigenvalue weighted by Gasteiger charge is -2.03. The highest BCUT2D eigenvalue weighted by Gasteiger charge is 2.10. The standard InChI is InChI=1S/C12H17NOS/c1-3-5-6-8-13-12(14)11-10(4-2)7-9-15-11/h3,5,7,9H,4,6,8H2,1-2H3,(H,13,14)/b5-3+. The average Bonchev–Trinajstić information content (AvgIpc) is 2.72. The lowest BCUT2D eigenvalue weighted by Crippen LogP contribution is -2.24. The van der Waals surface area contributed by atoms with Crippen molar-refractivity contribution in [3.8, 4) is 0 Å². The number of nitrogens with one attached hydrogen (secondary N) is 1. The van der Waals surface area contributed by atoms with Crippen LogP contribution >= 0.6 is 11.3 Å². The van der Waals surface area contributed by atoms with Crippen LogP contribution in [0.3, 0.4) is 0 Å². The molecule has 0 spiro atoms. The highest BCUT2D eigenvalue weighted by atomic mass is 32.1. The van der Waals surface area contributed by atoms with Crippen molar-refractivity contribution in [2.75, 3.05) is 6.54 Å². The third kappa shape index (κ3) is 3.51. The Hall–Kier alpha value is -1.09. The minimum atomic E-state index is 0.0614. The van der Waals surface area contributed by atoms with Gasteiger partial charge in [0.05, 0.1) is 4.88 Å². The van der Waals surface area contributed by atoms with Crippen molar-refractivity contribution < 1.29 is 4.79 Å². The third-order valence-electron chi connectivity index (χ3n) is 2.17. The van der Waals surface area contributed by atoms with Gasteiger partial charge >= 0.3 is 0 Å². The molecule has 1 heterocycles. The summed E-state index contributed by atoms with van der Waals surface area (Å²) in [7, 11) is 0. The van der Waals surface area contributed by atoms with Gasteiger partial charge in [0.1, 0.15) is 0 Å². The van der Waals surface area contributed by atoms with Crippen LogP contribution in [0.4, 0.5) is 0 Å². The molecule has 0 aliphatic heterocycles. The Labute approximate surface area is 95.0 Å². The summed E-state index contributed by atoms with van der Waals surface area (Å²) < 4.78 is 0. The lowest BCUT2D eigenvalue weighted by molar-refractivity contribution is 0.0957. The molecule has 0 saturated carbocycles. The summed E-state index contributed by atoms with van der Waals surface area (Å²) in [6.07, 6.45) is 5.86. The zero-order chi connectivity index (χ0) is 11.1. The molecule has 82 valence electrons. The number of hydrogen-bond acceptors (Lipinski definition) is 2. The van der Waals surface area contributed by atoms with E-state index in [0.29, 0.717) is 6.54 Å². The van der Waals surface area contributed by atoms with Crippen LogP contribution < -0.4 is 5.32 Å². The van der Waals surface area contributed by atoms with Crippen LogP contribution in [0.5, 0.6) is 0 Å². The maximum Gasteiger partial charge on any atom is 0.261 e. The first kappa shape index (κ1) is 12.0. The number of thiophene rings is 1. The van der Waals surface area contributed by atoms with Crippen LogP contribution in [0.15, 0.2) is 23.6 Å². The molecule has 0 atom stereocenters. The zero-order valence-electron chi connectivity index (χ0n) is 9.25. The van der Waals surface area contributed by atoms with Gasteiger partial charge in [-0.15, -0.1) is 11.3 Å². The molecule has 1 aromatic rings. The molecule has 0 unspecified atom stereocenters. The molecular weight excluding hydrogens is 206 g/mol. The second-order valence-corrected chi connectivity index (χ2v) is 4.16. The van der Waals surface area contributed by atoms with Crippen LogP contribution in [0, 0.1) is 0 Å². The summed E-state index contributed by atoms with van der Waals surface area (Å²) in [5.74, 6) is 0.0614. The van der Waals surface area contributed by atoms with E-state index in [-0.39, 0.29) is 5.91 Å². The number of carbonyl (C=O) groups is 1. The Bertz CT molecular complexity index is 341. The first-order valence-corrected chi connectivity index (χ1v) is 6.13. The fourth-order valence-corrected chi connectivity index (χ4v) is 2.24. The Morgan fingerprint density at radius 1 is 1.60 bits per heavy atom. The van der Waals surface area contributed by atoms with Crippen LogP contribution in [0.1, 0.15) is 35.5 Å². The molecule has 0 radical (unpaired) electrons. The van der Waals surface area contributed by atoms with Gasteiger partial charge in [-0.3, -0.25) is 4.79 Å². The first-order chi connectivity index (χ1) is 7.29. The molecule has 0 aliphatic carbocycles. The highest BCUT2D eigenvalue weighted by Crippen LogP contribution is 2.16. The number of aryl methyl sites for hydroxylation is 1. The van der Waals surface area contributed by atoms with Crippen molar-refractivity contribution in [1.29, 1.82) is 0 Å². The van der Waals surface area contributed by atoms with E-state index >= 15 is 0 Å². The van der Waals surface area contributed by atoms with E-state index in [9.17, 15) is 4.79 Å². The van der Waals surface area contributed by atoms with Gasteiger partial charge in [0, 0.05) is 6.54 Å². The van der Waals surface area contributed by atoms with Crippen LogP contribution in [-0.4, -0.2) is 12.5 Å². The molecular formula is C12H17NOS. The second kappa shape index (κ2) is 6.40. The van der Waals surface area contributed by atoms with Crippen molar-refractivity contribution in [3.63, 3.8) is 0 Å². The van der Waals surface area contributed by atoms with Gasteiger partial charge in [0.2, 0.25) is 0 Å². The summed E-state index contributed by atoms with van der Waals surface area (Å²) in [6, 6.07) is 2.02. The quantitative estimate of drug-likeness (QED) is 0.603. The van der Waals surface area contributed by atoms with E-state index in [4.69, 9.17) is 0 Å². The summed E-state index contributed by atoms with van der Waals surface area (Å²) in [5.41, 5.74) is 1.14. The van der Waals surface area contributed by atoms with Crippen LogP contribution in [0.25, 0.3) is 0 Å². The molecule has 3 heteroatoms. The molecule has 0 saturated heterocycles. The molecule has 0 aliphatic rings. The maximum absolute atomic E-state index is 11.7. The number of allylic oxidation sites excluding steroid dienone is 1. The van der Waals surface area contributed by atoms with Gasteiger partial charge in [-0.05, 0) is 36.8 Å². The minimum absolute atomic E-state index is 0.0614. The van der Waals surface area contributed by atoms with Gasteiger partial charge in [0.25, 0.3) is 5.91 Å². The minimum Gasteiger partial charge on any atom is -0.351 e. The monoisotopic (exact) mass is 223 g/mol. The molecule has 1 N–H and O–H groups in total. The Kier molecular flexibility index (Phi) is 5.12. The molecule has 1 rings (SSSR count). The second-order valence-electron chi connectivity index (χ2n) is 3.24. The van der Waals surface area contributed by atoms with Gasteiger partial charge in [0.15, 0.2) is 0 Å². The smallest absolute Gasteiger partial charge is 0.261 e. The topological polar surface area (TPSA) is 29.1 Å². The number of hydrogen-bond donors (Lipinski definition) is 1. The third-order valence-corrected chi connectivity index (χ3v) is 3.12.